The summed E-state index contributed by atoms with van der Waals surface area (Å²) in [6.07, 6.45) is 2.42. The number of hydrogen-bond donors (Lipinski definition) is 1. The normalized spacial score (nSPS) is 16.4. The first kappa shape index (κ1) is 17.8. The van der Waals surface area contributed by atoms with Gasteiger partial charge in [-0.05, 0) is 38.3 Å². The molecule has 1 saturated heterocycles. The molecule has 0 atom stereocenters. The lowest BCUT2D eigenvalue weighted by Gasteiger charge is -2.32. The van der Waals surface area contributed by atoms with Crippen LogP contribution in [0.4, 0.5) is 0 Å². The van der Waals surface area contributed by atoms with Crippen molar-refractivity contribution in [1.82, 2.24) is 14.6 Å². The number of carbonyl (C=O) groups excluding carboxylic acids is 1. The summed E-state index contributed by atoms with van der Waals surface area (Å²) in [5.74, 6) is -0.0149. The molecular weight excluding hydrogens is 338 g/mol. The van der Waals surface area contributed by atoms with Gasteiger partial charge in [-0.2, -0.15) is 0 Å². The quantitative estimate of drug-likeness (QED) is 0.907. The third-order valence-corrected chi connectivity index (χ3v) is 5.32. The minimum absolute atomic E-state index is 0.0149. The highest BCUT2D eigenvalue weighted by Crippen LogP contribution is 2.24. The molecule has 0 spiro atoms. The molecule has 1 amide bonds. The van der Waals surface area contributed by atoms with Crippen molar-refractivity contribution < 1.29 is 13.2 Å². The van der Waals surface area contributed by atoms with Gasteiger partial charge in [0.05, 0.1) is 17.3 Å². The van der Waals surface area contributed by atoms with Crippen molar-refractivity contribution in [3.63, 3.8) is 0 Å². The Balaban J connectivity index is 1.83. The fourth-order valence-corrected chi connectivity index (χ4v) is 4.21. The van der Waals surface area contributed by atoms with E-state index in [1.807, 2.05) is 38.1 Å². The number of hydrogen-bond acceptors (Lipinski definition) is 4. The zero-order chi connectivity index (χ0) is 18.2. The molecule has 7 heteroatoms. The molecule has 1 aliphatic heterocycles. The van der Waals surface area contributed by atoms with Crippen LogP contribution in [0.3, 0.4) is 0 Å². The Labute approximate surface area is 148 Å². The number of amides is 1. The number of fused-ring (bicyclic) bond motifs is 1. The van der Waals surface area contributed by atoms with Crippen LogP contribution in [-0.4, -0.2) is 49.6 Å². The van der Waals surface area contributed by atoms with Crippen LogP contribution >= 0.6 is 0 Å². The number of rotatable bonds is 3. The van der Waals surface area contributed by atoms with E-state index < -0.39 is 10.0 Å². The molecule has 6 nitrogen and oxygen atoms in total. The second-order valence-electron chi connectivity index (χ2n) is 6.74. The summed E-state index contributed by atoms with van der Waals surface area (Å²) >= 11 is 0. The van der Waals surface area contributed by atoms with Crippen LogP contribution in [0.25, 0.3) is 10.9 Å². The van der Waals surface area contributed by atoms with E-state index in [1.54, 1.807) is 4.90 Å². The third kappa shape index (κ3) is 3.99. The first-order valence-electron chi connectivity index (χ1n) is 8.38. The second-order valence-corrected chi connectivity index (χ2v) is 8.52. The monoisotopic (exact) mass is 361 g/mol. The number of benzene rings is 1. The fraction of sp³-hybridized carbons (Fsp3) is 0.444. The minimum Gasteiger partial charge on any atom is -0.339 e. The molecule has 134 valence electrons. The van der Waals surface area contributed by atoms with Crippen molar-refractivity contribution in [2.45, 2.75) is 32.7 Å². The van der Waals surface area contributed by atoms with E-state index in [2.05, 4.69) is 9.71 Å². The number of aryl methyl sites for hydroxylation is 2. The molecule has 1 aromatic carbocycles. The summed E-state index contributed by atoms with van der Waals surface area (Å²) < 4.78 is 25.3. The Morgan fingerprint density at radius 3 is 2.56 bits per heavy atom. The number of sulfonamides is 1. The van der Waals surface area contributed by atoms with Gasteiger partial charge in [-0.25, -0.2) is 13.1 Å². The van der Waals surface area contributed by atoms with Gasteiger partial charge in [0.2, 0.25) is 10.0 Å². The average Bonchev–Trinajstić information content (AvgIpc) is 2.54. The van der Waals surface area contributed by atoms with E-state index in [0.29, 0.717) is 31.5 Å². The van der Waals surface area contributed by atoms with E-state index in [1.165, 1.54) is 6.26 Å². The van der Waals surface area contributed by atoms with Crippen molar-refractivity contribution in [3.8, 4) is 0 Å². The van der Waals surface area contributed by atoms with Crippen LogP contribution in [0.2, 0.25) is 0 Å². The first-order chi connectivity index (χ1) is 11.7. The molecule has 25 heavy (non-hydrogen) atoms. The molecule has 0 saturated carbocycles. The highest BCUT2D eigenvalue weighted by Gasteiger charge is 2.26. The van der Waals surface area contributed by atoms with Crippen LogP contribution in [0.5, 0.6) is 0 Å². The maximum absolute atomic E-state index is 13.0. The topological polar surface area (TPSA) is 79.4 Å². The Morgan fingerprint density at radius 2 is 1.92 bits per heavy atom. The van der Waals surface area contributed by atoms with Crippen molar-refractivity contribution in [3.05, 3.63) is 41.1 Å². The standard InChI is InChI=1S/C18H23N3O3S/c1-12-5-4-6-15-16(11-13(2)19-17(12)15)18(22)21-9-7-14(8-10-21)20-25(3,23)24/h4-6,11,14,20H,7-10H2,1-3H3. The van der Waals surface area contributed by atoms with Crippen LogP contribution in [-0.2, 0) is 10.0 Å². The molecule has 1 fully saturated rings. The highest BCUT2D eigenvalue weighted by molar-refractivity contribution is 7.88. The van der Waals surface area contributed by atoms with Gasteiger partial charge in [-0.3, -0.25) is 9.78 Å². The maximum atomic E-state index is 13.0. The van der Waals surface area contributed by atoms with Gasteiger partial charge in [0.25, 0.3) is 5.91 Å². The van der Waals surface area contributed by atoms with Crippen molar-refractivity contribution >= 4 is 26.8 Å². The Morgan fingerprint density at radius 1 is 1.24 bits per heavy atom. The second kappa shape index (κ2) is 6.72. The molecule has 0 unspecified atom stereocenters. The van der Waals surface area contributed by atoms with E-state index in [-0.39, 0.29) is 11.9 Å². The van der Waals surface area contributed by atoms with Gasteiger partial charge in [0.1, 0.15) is 0 Å². The molecule has 1 aromatic heterocycles. The number of piperidine rings is 1. The van der Waals surface area contributed by atoms with E-state index >= 15 is 0 Å². The van der Waals surface area contributed by atoms with Crippen LogP contribution in [0.1, 0.15) is 34.5 Å². The zero-order valence-corrected chi connectivity index (χ0v) is 15.6. The summed E-state index contributed by atoms with van der Waals surface area (Å²) in [4.78, 5) is 19.4. The lowest BCUT2D eigenvalue weighted by Crippen LogP contribution is -2.46. The number of para-hydroxylation sites is 1. The van der Waals surface area contributed by atoms with Crippen LogP contribution in [0, 0.1) is 13.8 Å². The molecule has 2 heterocycles. The molecule has 2 aromatic rings. The predicted molar refractivity (Wildman–Crippen MR) is 98.1 cm³/mol. The van der Waals surface area contributed by atoms with E-state index in [4.69, 9.17) is 0 Å². The van der Waals surface area contributed by atoms with Gasteiger partial charge < -0.3 is 4.90 Å². The van der Waals surface area contributed by atoms with Crippen molar-refractivity contribution in [1.29, 1.82) is 0 Å². The summed E-state index contributed by atoms with van der Waals surface area (Å²) in [6, 6.07) is 7.60. The SMILES string of the molecule is Cc1cc(C(=O)N2CCC(NS(C)(=O)=O)CC2)c2cccc(C)c2n1. The third-order valence-electron chi connectivity index (χ3n) is 4.56. The lowest BCUT2D eigenvalue weighted by molar-refractivity contribution is 0.0713. The summed E-state index contributed by atoms with van der Waals surface area (Å²) in [5.41, 5.74) is 3.39. The van der Waals surface area contributed by atoms with Crippen molar-refractivity contribution in [2.24, 2.45) is 0 Å². The number of nitrogens with one attached hydrogen (secondary N) is 1. The van der Waals surface area contributed by atoms with Crippen LogP contribution in [0.15, 0.2) is 24.3 Å². The zero-order valence-electron chi connectivity index (χ0n) is 14.7. The Hall–Kier alpha value is -1.99. The van der Waals surface area contributed by atoms with E-state index in [0.717, 1.165) is 22.2 Å². The fourth-order valence-electron chi connectivity index (χ4n) is 3.37. The minimum atomic E-state index is -3.21. The summed E-state index contributed by atoms with van der Waals surface area (Å²) in [5, 5.41) is 0.868. The van der Waals surface area contributed by atoms with Gasteiger partial charge in [-0.1, -0.05) is 18.2 Å². The molecule has 0 bridgehead atoms. The smallest absolute Gasteiger partial charge is 0.254 e. The van der Waals surface area contributed by atoms with Gasteiger partial charge in [0.15, 0.2) is 0 Å². The Bertz CT molecular complexity index is 917. The number of likely N-dealkylation sites (tertiary alicyclic amines) is 1. The number of aromatic nitrogens is 1. The molecule has 1 aliphatic rings. The number of pyridine rings is 1. The van der Waals surface area contributed by atoms with E-state index in [9.17, 15) is 13.2 Å². The number of carbonyl (C=O) groups is 1. The largest absolute Gasteiger partial charge is 0.339 e. The van der Waals surface area contributed by atoms with Crippen LogP contribution < -0.4 is 4.72 Å². The molecule has 0 radical (unpaired) electrons. The van der Waals surface area contributed by atoms with Gasteiger partial charge >= 0.3 is 0 Å². The highest BCUT2D eigenvalue weighted by atomic mass is 32.2. The number of nitrogens with zero attached hydrogens (tertiary/aromatic N) is 2. The lowest BCUT2D eigenvalue weighted by atomic mass is 10.0. The van der Waals surface area contributed by atoms with Gasteiger partial charge in [0, 0.05) is 30.2 Å². The van der Waals surface area contributed by atoms with Gasteiger partial charge in [-0.15, -0.1) is 0 Å². The molecule has 3 rings (SSSR count). The predicted octanol–water partition coefficient (Wildman–Crippen LogP) is 2.01. The molecular formula is C18H23N3O3S. The Kier molecular flexibility index (Phi) is 4.79. The maximum Gasteiger partial charge on any atom is 0.254 e. The summed E-state index contributed by atoms with van der Waals surface area (Å²) in [7, 11) is -3.21. The average molecular weight is 361 g/mol. The summed E-state index contributed by atoms with van der Waals surface area (Å²) in [6.45, 7) is 4.97. The first-order valence-corrected chi connectivity index (χ1v) is 10.3. The van der Waals surface area contributed by atoms with Crippen molar-refractivity contribution in [2.75, 3.05) is 19.3 Å². The molecule has 0 aliphatic carbocycles. The molecule has 1 N–H and O–H groups in total.